The molecule has 0 spiro atoms. The van der Waals surface area contributed by atoms with Crippen LogP contribution in [0.3, 0.4) is 0 Å². The maximum atomic E-state index is 12.8. The van der Waals surface area contributed by atoms with Gasteiger partial charge in [0.25, 0.3) is 5.91 Å². The Labute approximate surface area is 170 Å². The van der Waals surface area contributed by atoms with Crippen LogP contribution in [0.4, 0.5) is 11.4 Å². The third-order valence-corrected chi connectivity index (χ3v) is 5.49. The molecule has 7 nitrogen and oxygen atoms in total. The van der Waals surface area contributed by atoms with E-state index in [4.69, 9.17) is 0 Å². The molecule has 3 heterocycles. The first-order chi connectivity index (χ1) is 14.1. The van der Waals surface area contributed by atoms with Gasteiger partial charge in [-0.15, -0.1) is 0 Å². The molecular weight excluding hydrogens is 366 g/mol. The Bertz CT molecular complexity index is 903. The van der Waals surface area contributed by atoms with E-state index in [0.717, 1.165) is 30.1 Å². The number of hydrazone groups is 1. The van der Waals surface area contributed by atoms with Gasteiger partial charge in [0, 0.05) is 61.3 Å². The van der Waals surface area contributed by atoms with Crippen molar-refractivity contribution in [1.82, 2.24) is 9.88 Å². The largest absolute Gasteiger partial charge is 0.339 e. The number of piperidine rings is 1. The van der Waals surface area contributed by atoms with Crippen LogP contribution in [0.1, 0.15) is 36.5 Å². The molecule has 150 valence electrons. The molecule has 2 aromatic rings. The summed E-state index contributed by atoms with van der Waals surface area (Å²) in [5.41, 5.74) is 3.56. The van der Waals surface area contributed by atoms with E-state index < -0.39 is 0 Å². The smallest absolute Gasteiger partial charge is 0.253 e. The van der Waals surface area contributed by atoms with Crippen LogP contribution in [0.5, 0.6) is 0 Å². The van der Waals surface area contributed by atoms with Crippen LogP contribution < -0.4 is 10.3 Å². The summed E-state index contributed by atoms with van der Waals surface area (Å²) in [5.74, 6) is -0.0504. The van der Waals surface area contributed by atoms with Crippen LogP contribution >= 0.6 is 0 Å². The van der Waals surface area contributed by atoms with Gasteiger partial charge in [0.05, 0.1) is 5.69 Å². The molecule has 1 fully saturated rings. The summed E-state index contributed by atoms with van der Waals surface area (Å²) in [6.45, 7) is 4.09. The van der Waals surface area contributed by atoms with Crippen molar-refractivity contribution >= 4 is 28.9 Å². The number of anilines is 2. The predicted octanol–water partition coefficient (Wildman–Crippen LogP) is 3.16. The molecule has 1 saturated heterocycles. The van der Waals surface area contributed by atoms with E-state index in [1.54, 1.807) is 24.5 Å². The number of carbonyl (C=O) groups excluding carboxylic acids is 2. The summed E-state index contributed by atoms with van der Waals surface area (Å²) in [6, 6.07) is 11.2. The van der Waals surface area contributed by atoms with E-state index in [0.29, 0.717) is 31.5 Å². The van der Waals surface area contributed by atoms with E-state index in [-0.39, 0.29) is 17.7 Å². The van der Waals surface area contributed by atoms with Crippen LogP contribution in [-0.2, 0) is 4.79 Å². The Morgan fingerprint density at radius 3 is 2.31 bits per heavy atom. The maximum Gasteiger partial charge on any atom is 0.253 e. The van der Waals surface area contributed by atoms with Crippen molar-refractivity contribution in [2.75, 3.05) is 30.0 Å². The highest BCUT2D eigenvalue weighted by Crippen LogP contribution is 2.23. The fourth-order valence-corrected chi connectivity index (χ4v) is 3.74. The third-order valence-electron chi connectivity index (χ3n) is 5.49. The normalized spacial score (nSPS) is 17.2. The zero-order valence-corrected chi connectivity index (χ0v) is 16.5. The monoisotopic (exact) mass is 391 g/mol. The lowest BCUT2D eigenvalue weighted by atomic mass is 9.95. The molecule has 1 aromatic carbocycles. The zero-order valence-electron chi connectivity index (χ0n) is 16.5. The van der Waals surface area contributed by atoms with E-state index in [1.165, 1.54) is 0 Å². The Morgan fingerprint density at radius 2 is 1.69 bits per heavy atom. The first-order valence-corrected chi connectivity index (χ1v) is 10.0. The minimum Gasteiger partial charge on any atom is -0.339 e. The van der Waals surface area contributed by atoms with Crippen molar-refractivity contribution in [1.29, 1.82) is 0 Å². The third kappa shape index (κ3) is 4.45. The first-order valence-electron chi connectivity index (χ1n) is 10.0. The number of hydrogen-bond donors (Lipinski definition) is 1. The highest BCUT2D eigenvalue weighted by atomic mass is 16.2. The number of rotatable bonds is 4. The number of amides is 2. The van der Waals surface area contributed by atoms with Gasteiger partial charge in [0.2, 0.25) is 5.91 Å². The number of nitrogens with one attached hydrogen (secondary N) is 1. The second-order valence-electron chi connectivity index (χ2n) is 7.55. The lowest BCUT2D eigenvalue weighted by Gasteiger charge is -2.31. The minimum absolute atomic E-state index is 0.00844. The summed E-state index contributed by atoms with van der Waals surface area (Å²) in [4.78, 5) is 31.1. The number of pyridine rings is 1. The van der Waals surface area contributed by atoms with Crippen LogP contribution in [0.2, 0.25) is 0 Å². The first kappa shape index (κ1) is 19.1. The van der Waals surface area contributed by atoms with Crippen molar-refractivity contribution < 1.29 is 9.59 Å². The Balaban J connectivity index is 1.31. The molecule has 0 aliphatic carbocycles. The van der Waals surface area contributed by atoms with E-state index in [9.17, 15) is 9.59 Å². The quantitative estimate of drug-likeness (QED) is 0.868. The molecule has 4 rings (SSSR count). The molecule has 1 N–H and O–H groups in total. The van der Waals surface area contributed by atoms with E-state index >= 15 is 0 Å². The second kappa shape index (κ2) is 8.43. The topological polar surface area (TPSA) is 77.9 Å². The van der Waals surface area contributed by atoms with Crippen LogP contribution in [0.25, 0.3) is 0 Å². The van der Waals surface area contributed by atoms with Gasteiger partial charge in [-0.1, -0.05) is 0 Å². The van der Waals surface area contributed by atoms with E-state index in [2.05, 4.69) is 15.4 Å². The minimum atomic E-state index is -0.0779. The van der Waals surface area contributed by atoms with Gasteiger partial charge in [-0.05, 0) is 56.2 Å². The maximum absolute atomic E-state index is 12.8. The lowest BCUT2D eigenvalue weighted by Crippen LogP contribution is -2.41. The number of aromatic nitrogens is 1. The van der Waals surface area contributed by atoms with Crippen LogP contribution in [0, 0.1) is 5.92 Å². The number of likely N-dealkylation sites (tertiary alicyclic amines) is 1. The van der Waals surface area contributed by atoms with Gasteiger partial charge in [-0.3, -0.25) is 19.6 Å². The van der Waals surface area contributed by atoms with Crippen molar-refractivity contribution in [2.24, 2.45) is 11.0 Å². The van der Waals surface area contributed by atoms with Gasteiger partial charge in [-0.2, -0.15) is 5.10 Å². The van der Waals surface area contributed by atoms with Crippen LogP contribution in [0.15, 0.2) is 53.9 Å². The molecule has 7 heteroatoms. The zero-order chi connectivity index (χ0) is 20.2. The summed E-state index contributed by atoms with van der Waals surface area (Å²) >= 11 is 0. The molecule has 0 atom stereocenters. The Kier molecular flexibility index (Phi) is 5.55. The molecule has 0 bridgehead atoms. The highest BCUT2D eigenvalue weighted by Gasteiger charge is 2.28. The average Bonchev–Trinajstić information content (AvgIpc) is 3.20. The van der Waals surface area contributed by atoms with Crippen molar-refractivity contribution in [3.8, 4) is 0 Å². The van der Waals surface area contributed by atoms with Crippen LogP contribution in [-0.4, -0.2) is 47.0 Å². The Hall–Kier alpha value is -3.22. The molecule has 0 saturated carbocycles. The van der Waals surface area contributed by atoms with E-state index in [1.807, 2.05) is 41.1 Å². The predicted molar refractivity (Wildman–Crippen MR) is 113 cm³/mol. The van der Waals surface area contributed by atoms with Gasteiger partial charge in [0.1, 0.15) is 0 Å². The van der Waals surface area contributed by atoms with Gasteiger partial charge in [-0.25, -0.2) is 0 Å². The molecular formula is C22H25N5O2. The molecule has 2 aliphatic heterocycles. The summed E-state index contributed by atoms with van der Waals surface area (Å²) in [6.07, 6.45) is 5.62. The highest BCUT2D eigenvalue weighted by molar-refractivity contribution is 5.95. The molecule has 0 radical (unpaired) electrons. The fourth-order valence-electron chi connectivity index (χ4n) is 3.74. The fraction of sp³-hybridized carbons (Fsp3) is 0.364. The summed E-state index contributed by atoms with van der Waals surface area (Å²) < 4.78 is 0. The van der Waals surface area contributed by atoms with Gasteiger partial charge < -0.3 is 10.2 Å². The van der Waals surface area contributed by atoms with Crippen molar-refractivity contribution in [3.63, 3.8) is 0 Å². The van der Waals surface area contributed by atoms with Gasteiger partial charge in [0.15, 0.2) is 0 Å². The number of benzene rings is 1. The summed E-state index contributed by atoms with van der Waals surface area (Å²) in [5, 5.41) is 9.39. The summed E-state index contributed by atoms with van der Waals surface area (Å²) in [7, 11) is 0. The average molecular weight is 391 g/mol. The lowest BCUT2D eigenvalue weighted by molar-refractivity contribution is -0.121. The molecule has 0 unspecified atom stereocenters. The number of hydrogen-bond acceptors (Lipinski definition) is 5. The molecule has 1 aromatic heterocycles. The Morgan fingerprint density at radius 1 is 1.00 bits per heavy atom. The number of nitrogens with zero attached hydrogens (tertiary/aromatic N) is 4. The van der Waals surface area contributed by atoms with Gasteiger partial charge >= 0.3 is 0 Å². The standard InChI is InChI=1S/C22H25N5O2/c1-16-8-15-27(25-16)20-4-2-18(3-5-20)22(29)26-13-9-17(10-14-26)21(28)24-19-6-11-23-12-7-19/h2-7,11-12,17H,8-10,13-15H2,1H3,(H,23,24,28). The molecule has 2 amide bonds. The van der Waals surface area contributed by atoms with Crippen molar-refractivity contribution in [3.05, 3.63) is 54.4 Å². The SMILES string of the molecule is CC1=NN(c2ccc(C(=O)N3CCC(C(=O)Nc4ccncc4)CC3)cc2)CC1. The second-order valence-corrected chi connectivity index (χ2v) is 7.55. The number of carbonyl (C=O) groups is 2. The van der Waals surface area contributed by atoms with Crippen molar-refractivity contribution in [2.45, 2.75) is 26.2 Å². The molecule has 2 aliphatic rings. The molecule has 29 heavy (non-hydrogen) atoms.